The quantitative estimate of drug-likeness (QED) is 0.628. The number of nitrogens with zero attached hydrogens (tertiary/aromatic N) is 1. The molecule has 1 aliphatic rings. The second-order valence-electron chi connectivity index (χ2n) is 7.36. The number of benzene rings is 1. The average Bonchev–Trinajstić information content (AvgIpc) is 2.67. The second kappa shape index (κ2) is 10.2. The number of ether oxygens (including phenoxy) is 2. The lowest BCUT2D eigenvalue weighted by Gasteiger charge is -2.34. The van der Waals surface area contributed by atoms with E-state index in [4.69, 9.17) is 9.47 Å². The van der Waals surface area contributed by atoms with Crippen molar-refractivity contribution < 1.29 is 24.0 Å². The minimum atomic E-state index is -0.572. The summed E-state index contributed by atoms with van der Waals surface area (Å²) in [5, 5.41) is 2.84. The molecule has 1 aromatic carbocycles. The van der Waals surface area contributed by atoms with Crippen molar-refractivity contribution in [2.45, 2.75) is 26.3 Å². The molecule has 0 saturated carbocycles. The van der Waals surface area contributed by atoms with E-state index in [0.29, 0.717) is 18.9 Å². The maximum absolute atomic E-state index is 12.4. The molecule has 2 rings (SSSR count). The Morgan fingerprint density at radius 2 is 1.85 bits per heavy atom. The molecule has 1 saturated heterocycles. The molecule has 7 nitrogen and oxygen atoms in total. The number of piperazine rings is 1. The minimum absolute atomic E-state index is 0.105. The highest BCUT2D eigenvalue weighted by atomic mass is 16.5. The van der Waals surface area contributed by atoms with Gasteiger partial charge in [-0.1, -0.05) is 26.0 Å². The van der Waals surface area contributed by atoms with Crippen molar-refractivity contribution in [2.24, 2.45) is 5.92 Å². The van der Waals surface area contributed by atoms with E-state index >= 15 is 0 Å². The Labute approximate surface area is 161 Å². The molecule has 1 aliphatic heterocycles. The van der Waals surface area contributed by atoms with Crippen molar-refractivity contribution in [3.8, 4) is 5.75 Å². The van der Waals surface area contributed by atoms with Crippen LogP contribution in [-0.4, -0.2) is 64.9 Å². The number of quaternary nitrogens is 1. The van der Waals surface area contributed by atoms with E-state index in [1.165, 1.54) is 12.0 Å². The zero-order valence-corrected chi connectivity index (χ0v) is 16.8. The fraction of sp³-hybridized carbons (Fsp3) is 0.600. The van der Waals surface area contributed by atoms with Crippen molar-refractivity contribution in [2.75, 3.05) is 51.8 Å². The molecule has 0 aromatic heterocycles. The van der Waals surface area contributed by atoms with Crippen molar-refractivity contribution in [3.05, 3.63) is 24.3 Å². The summed E-state index contributed by atoms with van der Waals surface area (Å²) >= 11 is 0. The summed E-state index contributed by atoms with van der Waals surface area (Å²) in [6.45, 7) is 7.84. The van der Waals surface area contributed by atoms with E-state index in [1.807, 2.05) is 32.0 Å². The second-order valence-corrected chi connectivity index (χ2v) is 7.36. The molecule has 0 aliphatic carbocycles. The van der Waals surface area contributed by atoms with Crippen LogP contribution >= 0.6 is 0 Å². The Morgan fingerprint density at radius 3 is 2.44 bits per heavy atom. The fourth-order valence-electron chi connectivity index (χ4n) is 3.43. The van der Waals surface area contributed by atoms with E-state index in [-0.39, 0.29) is 11.9 Å². The molecule has 0 spiro atoms. The fourth-order valence-corrected chi connectivity index (χ4v) is 3.43. The van der Waals surface area contributed by atoms with Crippen LogP contribution in [-0.2, 0) is 14.3 Å². The van der Waals surface area contributed by atoms with Crippen LogP contribution in [0.2, 0.25) is 0 Å². The third kappa shape index (κ3) is 6.13. The predicted octanol–water partition coefficient (Wildman–Crippen LogP) is 0.104. The first kappa shape index (κ1) is 21.0. The summed E-state index contributed by atoms with van der Waals surface area (Å²) in [6.07, 6.45) is 0.579. The molecule has 0 bridgehead atoms. The number of hydrogen-bond donors (Lipinski definition) is 2. The number of carbonyl (C=O) groups is 2. The number of amides is 1. The van der Waals surface area contributed by atoms with Gasteiger partial charge in [0.05, 0.1) is 46.1 Å². The van der Waals surface area contributed by atoms with Gasteiger partial charge in [-0.05, 0) is 24.5 Å². The van der Waals surface area contributed by atoms with Crippen LogP contribution in [0.1, 0.15) is 20.3 Å². The Hall–Kier alpha value is -2.28. The maximum atomic E-state index is 12.4. The van der Waals surface area contributed by atoms with Gasteiger partial charge in [0, 0.05) is 0 Å². The SMILES string of the molecule is COC(=O)[C@H](CC(C)C)NC(=O)C[NH+]1CCN(c2ccccc2OC)CC1. The molecule has 1 heterocycles. The molecule has 1 amide bonds. The third-order valence-corrected chi connectivity index (χ3v) is 4.83. The van der Waals surface area contributed by atoms with Crippen LogP contribution in [0, 0.1) is 5.92 Å². The van der Waals surface area contributed by atoms with Crippen LogP contribution in [0.25, 0.3) is 0 Å². The summed E-state index contributed by atoms with van der Waals surface area (Å²) in [5.41, 5.74) is 1.09. The molecule has 1 aromatic rings. The summed E-state index contributed by atoms with van der Waals surface area (Å²) in [7, 11) is 3.03. The van der Waals surface area contributed by atoms with Gasteiger partial charge in [0.1, 0.15) is 11.8 Å². The number of hydrogen-bond acceptors (Lipinski definition) is 5. The standard InChI is InChI=1S/C20H31N3O4/c1-15(2)13-16(20(25)27-4)21-19(24)14-22-9-11-23(12-10-22)17-7-5-6-8-18(17)26-3/h5-8,15-16H,9-14H2,1-4H3,(H,21,24)/p+1/t16-/m0/s1. The molecular weight excluding hydrogens is 346 g/mol. The molecular formula is C20H32N3O4+. The lowest BCUT2D eigenvalue weighted by molar-refractivity contribution is -0.892. The maximum Gasteiger partial charge on any atom is 0.328 e. The molecule has 1 atom stereocenters. The smallest absolute Gasteiger partial charge is 0.328 e. The van der Waals surface area contributed by atoms with E-state index in [0.717, 1.165) is 37.6 Å². The average molecular weight is 378 g/mol. The van der Waals surface area contributed by atoms with E-state index in [1.54, 1.807) is 7.11 Å². The Balaban J connectivity index is 1.85. The van der Waals surface area contributed by atoms with Gasteiger partial charge in [-0.15, -0.1) is 0 Å². The predicted molar refractivity (Wildman–Crippen MR) is 104 cm³/mol. The van der Waals surface area contributed by atoms with E-state index < -0.39 is 6.04 Å². The van der Waals surface area contributed by atoms with Gasteiger partial charge >= 0.3 is 5.97 Å². The number of para-hydroxylation sites is 2. The van der Waals surface area contributed by atoms with Crippen LogP contribution in [0.4, 0.5) is 5.69 Å². The van der Waals surface area contributed by atoms with Crippen molar-refractivity contribution in [1.82, 2.24) is 5.32 Å². The number of methoxy groups -OCH3 is 2. The molecule has 27 heavy (non-hydrogen) atoms. The summed E-state index contributed by atoms with van der Waals surface area (Å²) in [4.78, 5) is 27.8. The van der Waals surface area contributed by atoms with Gasteiger partial charge in [-0.25, -0.2) is 4.79 Å². The van der Waals surface area contributed by atoms with E-state index in [9.17, 15) is 9.59 Å². The lowest BCUT2D eigenvalue weighted by atomic mass is 10.0. The normalized spacial score (nSPS) is 16.1. The van der Waals surface area contributed by atoms with Gasteiger partial charge in [-0.2, -0.15) is 0 Å². The third-order valence-electron chi connectivity index (χ3n) is 4.83. The van der Waals surface area contributed by atoms with Gasteiger partial charge in [0.2, 0.25) is 0 Å². The summed E-state index contributed by atoms with van der Waals surface area (Å²) in [6, 6.07) is 7.42. The topological polar surface area (TPSA) is 72.3 Å². The zero-order valence-electron chi connectivity index (χ0n) is 16.8. The first-order valence-electron chi connectivity index (χ1n) is 9.53. The molecule has 0 unspecified atom stereocenters. The van der Waals surface area contributed by atoms with Crippen molar-refractivity contribution in [1.29, 1.82) is 0 Å². The van der Waals surface area contributed by atoms with Crippen molar-refractivity contribution >= 4 is 17.6 Å². The minimum Gasteiger partial charge on any atom is -0.495 e. The number of carbonyl (C=O) groups excluding carboxylic acids is 2. The monoisotopic (exact) mass is 378 g/mol. The van der Waals surface area contributed by atoms with E-state index in [2.05, 4.69) is 16.3 Å². The summed E-state index contributed by atoms with van der Waals surface area (Å²) in [5.74, 6) is 0.680. The van der Waals surface area contributed by atoms with Crippen LogP contribution in [0.15, 0.2) is 24.3 Å². The molecule has 2 N–H and O–H groups in total. The Bertz CT molecular complexity index is 627. The largest absolute Gasteiger partial charge is 0.495 e. The molecule has 7 heteroatoms. The first-order chi connectivity index (χ1) is 12.9. The molecule has 1 fully saturated rings. The lowest BCUT2D eigenvalue weighted by Crippen LogP contribution is -3.16. The van der Waals surface area contributed by atoms with Crippen LogP contribution in [0.3, 0.4) is 0 Å². The highest BCUT2D eigenvalue weighted by Crippen LogP contribution is 2.27. The Morgan fingerprint density at radius 1 is 1.19 bits per heavy atom. The number of rotatable bonds is 8. The number of nitrogens with one attached hydrogen (secondary N) is 2. The van der Waals surface area contributed by atoms with Crippen LogP contribution in [0.5, 0.6) is 5.75 Å². The first-order valence-corrected chi connectivity index (χ1v) is 9.53. The Kier molecular flexibility index (Phi) is 7.91. The highest BCUT2D eigenvalue weighted by Gasteiger charge is 2.27. The van der Waals surface area contributed by atoms with Gasteiger partial charge in [0.15, 0.2) is 6.54 Å². The highest BCUT2D eigenvalue weighted by molar-refractivity contribution is 5.84. The van der Waals surface area contributed by atoms with Crippen LogP contribution < -0.4 is 19.9 Å². The van der Waals surface area contributed by atoms with Crippen molar-refractivity contribution in [3.63, 3.8) is 0 Å². The van der Waals surface area contributed by atoms with Gasteiger partial charge < -0.3 is 24.6 Å². The number of esters is 1. The molecule has 0 radical (unpaired) electrons. The van der Waals surface area contributed by atoms with Gasteiger partial charge in [-0.3, -0.25) is 4.79 Å². The zero-order chi connectivity index (χ0) is 19.8. The van der Waals surface area contributed by atoms with Gasteiger partial charge in [0.25, 0.3) is 5.91 Å². The molecule has 150 valence electrons. The summed E-state index contributed by atoms with van der Waals surface area (Å²) < 4.78 is 10.3. The number of anilines is 1.